The highest BCUT2D eigenvalue weighted by Gasteiger charge is 2.38. The predicted octanol–water partition coefficient (Wildman–Crippen LogP) is 5.07. The van der Waals surface area contributed by atoms with Crippen LogP contribution >= 0.6 is 0 Å². The number of hydrogen-bond donors (Lipinski definition) is 1. The van der Waals surface area contributed by atoms with Crippen molar-refractivity contribution in [1.82, 2.24) is 19.7 Å². The molecule has 0 atom stereocenters. The molecule has 0 saturated carbocycles. The fourth-order valence-corrected chi connectivity index (χ4v) is 4.07. The first-order chi connectivity index (χ1) is 16.5. The van der Waals surface area contributed by atoms with Crippen LogP contribution < -0.4 is 0 Å². The Kier molecular flexibility index (Phi) is 8.90. The zero-order chi connectivity index (χ0) is 24.6. The molecule has 0 amide bonds. The molecule has 2 aromatic heterocycles. The Balaban J connectivity index is 1.92. The zero-order valence-electron chi connectivity index (χ0n) is 20.5. The van der Waals surface area contributed by atoms with Crippen molar-refractivity contribution < 1.29 is 19.4 Å². The number of hydrogen-bond acceptors (Lipinski definition) is 6. The molecule has 34 heavy (non-hydrogen) atoms. The van der Waals surface area contributed by atoms with E-state index in [2.05, 4.69) is 18.8 Å². The number of benzene rings is 1. The fourth-order valence-electron chi connectivity index (χ4n) is 4.07. The first-order valence-electron chi connectivity index (χ1n) is 12.0. The Morgan fingerprint density at radius 3 is 2.32 bits per heavy atom. The van der Waals surface area contributed by atoms with Gasteiger partial charge in [0, 0.05) is 44.4 Å². The maximum Gasteiger partial charge on any atom is 0.355 e. The van der Waals surface area contributed by atoms with Gasteiger partial charge in [0.05, 0.1) is 0 Å². The van der Waals surface area contributed by atoms with Crippen molar-refractivity contribution >= 4 is 5.97 Å². The molecule has 0 saturated heterocycles. The lowest BCUT2D eigenvalue weighted by atomic mass is 10.0. The van der Waals surface area contributed by atoms with Crippen LogP contribution in [0.3, 0.4) is 0 Å². The van der Waals surface area contributed by atoms with E-state index >= 15 is 0 Å². The van der Waals surface area contributed by atoms with Gasteiger partial charge in [-0.25, -0.2) is 19.4 Å². The summed E-state index contributed by atoms with van der Waals surface area (Å²) in [6, 6.07) is 11.3. The molecule has 0 radical (unpaired) electrons. The van der Waals surface area contributed by atoms with Gasteiger partial charge in [0.25, 0.3) is 0 Å². The van der Waals surface area contributed by atoms with Gasteiger partial charge in [0.1, 0.15) is 5.82 Å². The molecule has 0 unspecified atom stereocenters. The van der Waals surface area contributed by atoms with E-state index in [4.69, 9.17) is 19.6 Å². The van der Waals surface area contributed by atoms with Crippen LogP contribution in [0.1, 0.15) is 74.7 Å². The molecule has 0 aliphatic heterocycles. The van der Waals surface area contributed by atoms with Gasteiger partial charge in [-0.05, 0) is 37.5 Å². The Morgan fingerprint density at radius 1 is 1.03 bits per heavy atom. The maximum absolute atomic E-state index is 11.5. The number of carbonyl (C=O) groups is 1. The third kappa shape index (κ3) is 5.69. The number of rotatable bonds is 13. The lowest BCUT2D eigenvalue weighted by molar-refractivity contribution is -0.251. The van der Waals surface area contributed by atoms with Gasteiger partial charge >= 0.3 is 5.97 Å². The maximum atomic E-state index is 11.5. The summed E-state index contributed by atoms with van der Waals surface area (Å²) >= 11 is 0. The number of carboxylic acids is 1. The van der Waals surface area contributed by atoms with Crippen LogP contribution in [0, 0.1) is 0 Å². The SMILES string of the molecule is CCCn1nc(C(CCC)(OCC)OCC)nc1Cc1ccc(-c2cccnc2C(=O)O)cc1. The topological polar surface area (TPSA) is 99.4 Å². The van der Waals surface area contributed by atoms with E-state index < -0.39 is 11.8 Å². The molecule has 182 valence electrons. The minimum atomic E-state index is -1.04. The van der Waals surface area contributed by atoms with Crippen LogP contribution in [-0.4, -0.2) is 44.0 Å². The van der Waals surface area contributed by atoms with E-state index in [0.717, 1.165) is 36.3 Å². The molecule has 3 rings (SSSR count). The van der Waals surface area contributed by atoms with Crippen molar-refractivity contribution in [3.05, 3.63) is 65.5 Å². The second-order valence-electron chi connectivity index (χ2n) is 8.02. The monoisotopic (exact) mass is 466 g/mol. The van der Waals surface area contributed by atoms with E-state index in [1.54, 1.807) is 12.1 Å². The molecular weight excluding hydrogens is 432 g/mol. The van der Waals surface area contributed by atoms with Gasteiger partial charge in [0.15, 0.2) is 5.69 Å². The Hall–Kier alpha value is -3.10. The molecule has 2 heterocycles. The highest BCUT2D eigenvalue weighted by molar-refractivity contribution is 5.93. The van der Waals surface area contributed by atoms with Gasteiger partial charge in [-0.2, -0.15) is 5.10 Å². The molecular formula is C26H34N4O4. The molecule has 0 spiro atoms. The predicted molar refractivity (Wildman–Crippen MR) is 130 cm³/mol. The van der Waals surface area contributed by atoms with E-state index in [9.17, 15) is 9.90 Å². The normalized spacial score (nSPS) is 11.6. The van der Waals surface area contributed by atoms with Crippen molar-refractivity contribution in [3.8, 4) is 11.1 Å². The quantitative estimate of drug-likeness (QED) is 0.351. The van der Waals surface area contributed by atoms with Gasteiger partial charge in [0.2, 0.25) is 11.6 Å². The average Bonchev–Trinajstić information content (AvgIpc) is 3.23. The number of nitrogens with zero attached hydrogens (tertiary/aromatic N) is 4. The highest BCUT2D eigenvalue weighted by Crippen LogP contribution is 2.31. The van der Waals surface area contributed by atoms with Crippen molar-refractivity contribution in [2.24, 2.45) is 0 Å². The fraction of sp³-hybridized carbons (Fsp3) is 0.462. The third-order valence-electron chi connectivity index (χ3n) is 5.50. The highest BCUT2D eigenvalue weighted by atomic mass is 16.7. The number of aryl methyl sites for hydroxylation is 1. The minimum Gasteiger partial charge on any atom is -0.476 e. The lowest BCUT2D eigenvalue weighted by Gasteiger charge is -2.30. The summed E-state index contributed by atoms with van der Waals surface area (Å²) in [6.45, 7) is 9.87. The van der Waals surface area contributed by atoms with Crippen molar-refractivity contribution in [2.75, 3.05) is 13.2 Å². The molecule has 0 aliphatic carbocycles. The van der Waals surface area contributed by atoms with Crippen LogP contribution in [0.4, 0.5) is 0 Å². The summed E-state index contributed by atoms with van der Waals surface area (Å²) in [6.07, 6.45) is 4.56. The Bertz CT molecular complexity index is 1060. The van der Waals surface area contributed by atoms with E-state index in [1.807, 2.05) is 42.8 Å². The minimum absolute atomic E-state index is 0.0432. The summed E-state index contributed by atoms with van der Waals surface area (Å²) in [5, 5.41) is 14.2. The van der Waals surface area contributed by atoms with Gasteiger partial charge < -0.3 is 14.6 Å². The zero-order valence-corrected chi connectivity index (χ0v) is 20.5. The van der Waals surface area contributed by atoms with E-state index in [0.29, 0.717) is 37.4 Å². The van der Waals surface area contributed by atoms with Crippen LogP contribution in [0.5, 0.6) is 0 Å². The van der Waals surface area contributed by atoms with Gasteiger partial charge in [-0.15, -0.1) is 0 Å². The van der Waals surface area contributed by atoms with Crippen molar-refractivity contribution in [1.29, 1.82) is 0 Å². The number of ether oxygens (including phenoxy) is 2. The molecule has 8 nitrogen and oxygen atoms in total. The first kappa shape index (κ1) is 25.5. The standard InChI is InChI=1S/C26H34N4O4/c1-5-15-26(33-7-3,34-8-4)25-28-22(30(29-25)17-6-2)18-19-11-13-20(14-12-19)21-10-9-16-27-23(21)24(31)32/h9-14,16H,5-8,15,17-18H2,1-4H3,(H,31,32). The molecule has 0 bridgehead atoms. The number of pyridine rings is 1. The molecule has 0 aliphatic rings. The van der Waals surface area contributed by atoms with Crippen LogP contribution in [0.15, 0.2) is 42.6 Å². The number of aromatic carboxylic acids is 1. The van der Waals surface area contributed by atoms with E-state index in [1.165, 1.54) is 6.20 Å². The summed E-state index contributed by atoms with van der Waals surface area (Å²) in [4.78, 5) is 20.4. The second kappa shape index (κ2) is 11.9. The summed E-state index contributed by atoms with van der Waals surface area (Å²) in [5.41, 5.74) is 2.49. The first-order valence-corrected chi connectivity index (χ1v) is 12.0. The summed E-state index contributed by atoms with van der Waals surface area (Å²) in [5.74, 6) is -0.570. The molecule has 8 heteroatoms. The molecule has 1 aromatic carbocycles. The molecule has 3 aromatic rings. The third-order valence-corrected chi connectivity index (χ3v) is 5.50. The largest absolute Gasteiger partial charge is 0.476 e. The van der Waals surface area contributed by atoms with Crippen molar-refractivity contribution in [3.63, 3.8) is 0 Å². The van der Waals surface area contributed by atoms with Gasteiger partial charge in [-0.1, -0.05) is 50.6 Å². The average molecular weight is 467 g/mol. The summed E-state index contributed by atoms with van der Waals surface area (Å²) < 4.78 is 14.1. The molecule has 0 fully saturated rings. The van der Waals surface area contributed by atoms with Crippen LogP contribution in [-0.2, 0) is 28.2 Å². The van der Waals surface area contributed by atoms with Gasteiger partial charge in [-0.3, -0.25) is 0 Å². The second-order valence-corrected chi connectivity index (χ2v) is 8.02. The number of carboxylic acid groups (broad SMARTS) is 1. The van der Waals surface area contributed by atoms with Crippen LogP contribution in [0.25, 0.3) is 11.1 Å². The van der Waals surface area contributed by atoms with E-state index in [-0.39, 0.29) is 5.69 Å². The smallest absolute Gasteiger partial charge is 0.355 e. The van der Waals surface area contributed by atoms with Crippen molar-refractivity contribution in [2.45, 2.75) is 65.7 Å². The molecule has 1 N–H and O–H groups in total. The Labute approximate surface area is 201 Å². The summed E-state index contributed by atoms with van der Waals surface area (Å²) in [7, 11) is 0. The Morgan fingerprint density at radius 2 is 1.74 bits per heavy atom. The lowest BCUT2D eigenvalue weighted by Crippen LogP contribution is -2.35. The number of aromatic nitrogens is 4. The van der Waals surface area contributed by atoms with Crippen LogP contribution in [0.2, 0.25) is 0 Å².